The van der Waals surface area contributed by atoms with Gasteiger partial charge in [0.1, 0.15) is 5.75 Å². The van der Waals surface area contributed by atoms with E-state index >= 15 is 0 Å². The van der Waals surface area contributed by atoms with Crippen LogP contribution in [0.1, 0.15) is 36.0 Å². The molecule has 2 aromatic carbocycles. The van der Waals surface area contributed by atoms with Crippen molar-refractivity contribution in [3.05, 3.63) is 65.4 Å². The first-order valence-corrected chi connectivity index (χ1v) is 9.78. The van der Waals surface area contributed by atoms with Gasteiger partial charge < -0.3 is 20.1 Å². The Morgan fingerprint density at radius 2 is 1.90 bits per heavy atom. The number of aryl methyl sites for hydroxylation is 2. The number of hydrogen-bond acceptors (Lipinski definition) is 3. The van der Waals surface area contributed by atoms with Crippen LogP contribution in [0.25, 0.3) is 10.9 Å². The molecule has 0 unspecified atom stereocenters. The fraction of sp³-hybridized carbons (Fsp3) is 0.304. The fourth-order valence-corrected chi connectivity index (χ4v) is 3.15. The van der Waals surface area contributed by atoms with Crippen molar-refractivity contribution in [2.24, 2.45) is 0 Å². The van der Waals surface area contributed by atoms with Crippen molar-refractivity contribution in [3.63, 3.8) is 0 Å². The van der Waals surface area contributed by atoms with E-state index < -0.39 is 5.97 Å². The number of amides is 1. The number of carbonyl (C=O) groups is 2. The van der Waals surface area contributed by atoms with E-state index in [0.29, 0.717) is 38.2 Å². The lowest BCUT2D eigenvalue weighted by Crippen LogP contribution is -2.22. The largest absolute Gasteiger partial charge is 0.494 e. The van der Waals surface area contributed by atoms with Gasteiger partial charge in [0.05, 0.1) is 6.61 Å². The Balaban J connectivity index is 1.42. The minimum Gasteiger partial charge on any atom is -0.494 e. The SMILES string of the molecule is Cc1ccc2[nH]cc(CCC(=O)NCc3ccc(OCCCC(=O)O)cc3)c2c1. The van der Waals surface area contributed by atoms with E-state index in [0.717, 1.165) is 16.6 Å². The number of rotatable bonds is 10. The van der Waals surface area contributed by atoms with Gasteiger partial charge in [-0.25, -0.2) is 0 Å². The van der Waals surface area contributed by atoms with Crippen LogP contribution < -0.4 is 10.1 Å². The Labute approximate surface area is 169 Å². The number of hydrogen-bond donors (Lipinski definition) is 3. The summed E-state index contributed by atoms with van der Waals surface area (Å²) in [4.78, 5) is 25.9. The van der Waals surface area contributed by atoms with E-state index in [1.54, 1.807) is 0 Å². The minimum atomic E-state index is -0.820. The van der Waals surface area contributed by atoms with E-state index in [4.69, 9.17) is 9.84 Å². The summed E-state index contributed by atoms with van der Waals surface area (Å²) in [7, 11) is 0. The van der Waals surface area contributed by atoms with Crippen LogP contribution in [0.3, 0.4) is 0 Å². The van der Waals surface area contributed by atoms with E-state index in [1.807, 2.05) is 30.5 Å². The van der Waals surface area contributed by atoms with Gasteiger partial charge >= 0.3 is 5.97 Å². The normalized spacial score (nSPS) is 10.8. The maximum Gasteiger partial charge on any atom is 0.303 e. The quantitative estimate of drug-likeness (QED) is 0.454. The molecule has 6 nitrogen and oxygen atoms in total. The third-order valence-electron chi connectivity index (χ3n) is 4.76. The molecule has 0 bridgehead atoms. The van der Waals surface area contributed by atoms with Crippen molar-refractivity contribution >= 4 is 22.8 Å². The van der Waals surface area contributed by atoms with Gasteiger partial charge in [0.2, 0.25) is 5.91 Å². The molecule has 6 heteroatoms. The molecule has 1 amide bonds. The van der Waals surface area contributed by atoms with Gasteiger partial charge in [0.15, 0.2) is 0 Å². The minimum absolute atomic E-state index is 0.0148. The molecule has 0 aliphatic heterocycles. The highest BCUT2D eigenvalue weighted by molar-refractivity contribution is 5.84. The van der Waals surface area contributed by atoms with Gasteiger partial charge in [0, 0.05) is 36.5 Å². The van der Waals surface area contributed by atoms with Crippen LogP contribution in [0.4, 0.5) is 0 Å². The van der Waals surface area contributed by atoms with Crippen LogP contribution in [-0.4, -0.2) is 28.6 Å². The van der Waals surface area contributed by atoms with Crippen LogP contribution >= 0.6 is 0 Å². The van der Waals surface area contributed by atoms with E-state index in [1.165, 1.54) is 10.9 Å². The van der Waals surface area contributed by atoms with Crippen LogP contribution in [0, 0.1) is 6.92 Å². The molecular weight excluding hydrogens is 368 g/mol. The summed E-state index contributed by atoms with van der Waals surface area (Å²) in [5.41, 5.74) is 4.44. The van der Waals surface area contributed by atoms with Crippen molar-refractivity contribution in [1.29, 1.82) is 0 Å². The van der Waals surface area contributed by atoms with Crippen molar-refractivity contribution in [1.82, 2.24) is 10.3 Å². The lowest BCUT2D eigenvalue weighted by atomic mass is 10.1. The number of carboxylic acid groups (broad SMARTS) is 1. The molecule has 0 radical (unpaired) electrons. The van der Waals surface area contributed by atoms with Crippen molar-refractivity contribution in [3.8, 4) is 5.75 Å². The molecule has 0 spiro atoms. The van der Waals surface area contributed by atoms with Crippen LogP contribution in [-0.2, 0) is 22.6 Å². The Kier molecular flexibility index (Phi) is 6.89. The summed E-state index contributed by atoms with van der Waals surface area (Å²) in [5, 5.41) is 12.7. The Morgan fingerprint density at radius 3 is 2.66 bits per heavy atom. The highest BCUT2D eigenvalue weighted by Crippen LogP contribution is 2.21. The molecule has 0 atom stereocenters. The number of carboxylic acids is 1. The Hall–Kier alpha value is -3.28. The van der Waals surface area contributed by atoms with Crippen LogP contribution in [0.15, 0.2) is 48.7 Å². The summed E-state index contributed by atoms with van der Waals surface area (Å²) in [6, 6.07) is 13.7. The van der Waals surface area contributed by atoms with Gasteiger partial charge in [-0.05, 0) is 55.2 Å². The third-order valence-corrected chi connectivity index (χ3v) is 4.76. The molecule has 0 aliphatic rings. The van der Waals surface area contributed by atoms with Crippen LogP contribution in [0.5, 0.6) is 5.75 Å². The second-order valence-electron chi connectivity index (χ2n) is 7.13. The Morgan fingerprint density at radius 1 is 1.10 bits per heavy atom. The Bertz CT molecular complexity index is 976. The number of carbonyl (C=O) groups excluding carboxylic acids is 1. The smallest absolute Gasteiger partial charge is 0.303 e. The molecule has 3 aromatic rings. The first-order chi connectivity index (χ1) is 14.0. The van der Waals surface area contributed by atoms with Gasteiger partial charge in [-0.2, -0.15) is 0 Å². The molecule has 3 rings (SSSR count). The van der Waals surface area contributed by atoms with E-state index in [9.17, 15) is 9.59 Å². The second kappa shape index (κ2) is 9.78. The topological polar surface area (TPSA) is 91.4 Å². The lowest BCUT2D eigenvalue weighted by Gasteiger charge is -2.08. The molecule has 3 N–H and O–H groups in total. The highest BCUT2D eigenvalue weighted by atomic mass is 16.5. The van der Waals surface area contributed by atoms with Gasteiger partial charge in [0.25, 0.3) is 0 Å². The molecule has 29 heavy (non-hydrogen) atoms. The predicted molar refractivity (Wildman–Crippen MR) is 112 cm³/mol. The average Bonchev–Trinajstić information content (AvgIpc) is 3.11. The van der Waals surface area contributed by atoms with Crippen molar-refractivity contribution in [2.45, 2.75) is 39.2 Å². The molecule has 0 saturated heterocycles. The number of aliphatic carboxylic acids is 1. The number of H-pyrrole nitrogens is 1. The molecular formula is C23H26N2O4. The average molecular weight is 394 g/mol. The molecule has 1 heterocycles. The first-order valence-electron chi connectivity index (χ1n) is 9.78. The number of ether oxygens (including phenoxy) is 1. The molecule has 0 saturated carbocycles. The maximum absolute atomic E-state index is 12.2. The number of aromatic amines is 1. The lowest BCUT2D eigenvalue weighted by molar-refractivity contribution is -0.137. The molecule has 152 valence electrons. The number of fused-ring (bicyclic) bond motifs is 1. The highest BCUT2D eigenvalue weighted by Gasteiger charge is 2.07. The number of aromatic nitrogens is 1. The second-order valence-corrected chi connectivity index (χ2v) is 7.13. The maximum atomic E-state index is 12.2. The van der Waals surface area contributed by atoms with E-state index in [-0.39, 0.29) is 12.3 Å². The van der Waals surface area contributed by atoms with Crippen molar-refractivity contribution in [2.75, 3.05) is 6.61 Å². The first kappa shape index (κ1) is 20.5. The van der Waals surface area contributed by atoms with Gasteiger partial charge in [-0.3, -0.25) is 9.59 Å². The summed E-state index contributed by atoms with van der Waals surface area (Å²) in [6.07, 6.45) is 3.68. The summed E-state index contributed by atoms with van der Waals surface area (Å²) >= 11 is 0. The third kappa shape index (κ3) is 6.10. The summed E-state index contributed by atoms with van der Waals surface area (Å²) in [5.74, 6) is -0.111. The predicted octanol–water partition coefficient (Wildman–Crippen LogP) is 3.97. The number of nitrogens with one attached hydrogen (secondary N) is 2. The zero-order valence-corrected chi connectivity index (χ0v) is 16.5. The zero-order chi connectivity index (χ0) is 20.6. The van der Waals surface area contributed by atoms with Crippen LogP contribution in [0.2, 0.25) is 0 Å². The number of benzene rings is 2. The summed E-state index contributed by atoms with van der Waals surface area (Å²) < 4.78 is 5.51. The van der Waals surface area contributed by atoms with Gasteiger partial charge in [-0.15, -0.1) is 0 Å². The van der Waals surface area contributed by atoms with E-state index in [2.05, 4.69) is 35.4 Å². The summed E-state index contributed by atoms with van der Waals surface area (Å²) in [6.45, 7) is 2.90. The van der Waals surface area contributed by atoms with Crippen molar-refractivity contribution < 1.29 is 19.4 Å². The molecule has 1 aromatic heterocycles. The monoisotopic (exact) mass is 394 g/mol. The fourth-order valence-electron chi connectivity index (χ4n) is 3.15. The standard InChI is InChI=1S/C23H26N2O4/c1-16-4-10-21-20(13-16)18(15-24-21)7-11-22(26)25-14-17-5-8-19(9-6-17)29-12-2-3-23(27)28/h4-6,8-10,13,15,24H,2-3,7,11-12,14H2,1H3,(H,25,26)(H,27,28). The molecule has 0 aliphatic carbocycles. The zero-order valence-electron chi connectivity index (χ0n) is 16.5. The molecule has 0 fully saturated rings. The van der Waals surface area contributed by atoms with Gasteiger partial charge in [-0.1, -0.05) is 23.8 Å².